The third kappa shape index (κ3) is 3.30. The lowest BCUT2D eigenvalue weighted by atomic mass is 9.80. The second kappa shape index (κ2) is 6.63. The van der Waals surface area contributed by atoms with Crippen LogP contribution < -0.4 is 5.32 Å². The number of fused-ring (bicyclic) bond motifs is 1. The van der Waals surface area contributed by atoms with Crippen molar-refractivity contribution < 1.29 is 17.7 Å². The maximum absolute atomic E-state index is 12.6. The fourth-order valence-corrected chi connectivity index (χ4v) is 5.36. The number of rotatable bonds is 4. The van der Waals surface area contributed by atoms with Gasteiger partial charge in [0, 0.05) is 24.8 Å². The van der Waals surface area contributed by atoms with E-state index in [-0.39, 0.29) is 24.4 Å². The van der Waals surface area contributed by atoms with Gasteiger partial charge in [0.2, 0.25) is 15.9 Å². The summed E-state index contributed by atoms with van der Waals surface area (Å²) in [6.07, 6.45) is 2.40. The number of pyridine rings is 1. The summed E-state index contributed by atoms with van der Waals surface area (Å²) in [5.41, 5.74) is 0.567. The molecule has 2 aromatic rings. The van der Waals surface area contributed by atoms with Gasteiger partial charge >= 0.3 is 0 Å². The Morgan fingerprint density at radius 3 is 2.75 bits per heavy atom. The van der Waals surface area contributed by atoms with Crippen LogP contribution in [0.15, 0.2) is 22.7 Å². The van der Waals surface area contributed by atoms with Crippen LogP contribution in [0.1, 0.15) is 40.7 Å². The standard InChI is InChI=1S/C18H23N5O4S/c1-11-5-4-6-15(19-11)16(24)21-14-7-13-9-23(28(3,25)26)10-18(13,8-14)17-20-12(2)22-27-17/h4-6,13-14H,7-10H2,1-3H3,(H,21,24)/t13?,14-,18+/m1/s1. The summed E-state index contributed by atoms with van der Waals surface area (Å²) in [7, 11) is -3.33. The molecule has 2 aromatic heterocycles. The van der Waals surface area contributed by atoms with Gasteiger partial charge in [-0.25, -0.2) is 17.7 Å². The van der Waals surface area contributed by atoms with Gasteiger partial charge in [-0.2, -0.15) is 4.98 Å². The van der Waals surface area contributed by atoms with Gasteiger partial charge in [0.05, 0.1) is 11.7 Å². The van der Waals surface area contributed by atoms with Gasteiger partial charge in [-0.3, -0.25) is 4.79 Å². The third-order valence-corrected chi connectivity index (χ3v) is 6.94. The lowest BCUT2D eigenvalue weighted by Gasteiger charge is -2.24. The van der Waals surface area contributed by atoms with Gasteiger partial charge in [0.15, 0.2) is 5.82 Å². The molecule has 3 atom stereocenters. The summed E-state index contributed by atoms with van der Waals surface area (Å²) in [5.74, 6) is 0.729. The molecule has 0 spiro atoms. The van der Waals surface area contributed by atoms with Crippen LogP contribution >= 0.6 is 0 Å². The average Bonchev–Trinajstić information content (AvgIpc) is 3.26. The number of aryl methyl sites for hydroxylation is 2. The van der Waals surface area contributed by atoms with Crippen LogP contribution in [0.25, 0.3) is 0 Å². The van der Waals surface area contributed by atoms with Crippen molar-refractivity contribution in [1.82, 2.24) is 24.7 Å². The van der Waals surface area contributed by atoms with Crippen molar-refractivity contribution in [3.8, 4) is 0 Å². The number of sulfonamides is 1. The fraction of sp³-hybridized carbons (Fsp3) is 0.556. The highest BCUT2D eigenvalue weighted by atomic mass is 32.2. The van der Waals surface area contributed by atoms with E-state index in [1.807, 2.05) is 13.0 Å². The minimum atomic E-state index is -3.33. The number of hydrogen-bond donors (Lipinski definition) is 1. The molecule has 1 N–H and O–H groups in total. The van der Waals surface area contributed by atoms with Crippen molar-refractivity contribution in [1.29, 1.82) is 0 Å². The van der Waals surface area contributed by atoms with Crippen LogP contribution in [-0.4, -0.2) is 59.1 Å². The van der Waals surface area contributed by atoms with Crippen molar-refractivity contribution in [3.05, 3.63) is 41.3 Å². The molecule has 0 aromatic carbocycles. The summed E-state index contributed by atoms with van der Waals surface area (Å²) in [6, 6.07) is 5.20. The van der Waals surface area contributed by atoms with Gasteiger partial charge in [0.1, 0.15) is 5.69 Å². The SMILES string of the molecule is Cc1cccc(C(=O)N[C@@H]2CC3CN(S(C)(=O)=O)C[C@@]3(c3nc(C)no3)C2)n1. The first-order valence-electron chi connectivity index (χ1n) is 9.18. The number of carbonyl (C=O) groups excluding carboxylic acids is 1. The maximum atomic E-state index is 12.6. The first-order chi connectivity index (χ1) is 13.2. The van der Waals surface area contributed by atoms with Crippen molar-refractivity contribution >= 4 is 15.9 Å². The summed E-state index contributed by atoms with van der Waals surface area (Å²) < 4.78 is 31.1. The molecule has 1 saturated heterocycles. The third-order valence-electron chi connectivity index (χ3n) is 5.72. The zero-order valence-corrected chi connectivity index (χ0v) is 16.9. The Bertz CT molecular complexity index is 1020. The highest BCUT2D eigenvalue weighted by Crippen LogP contribution is 2.50. The molecule has 28 heavy (non-hydrogen) atoms. The smallest absolute Gasteiger partial charge is 0.270 e. The lowest BCUT2D eigenvalue weighted by molar-refractivity contribution is 0.0929. The number of hydrogen-bond acceptors (Lipinski definition) is 7. The lowest BCUT2D eigenvalue weighted by Crippen LogP contribution is -2.39. The van der Waals surface area contributed by atoms with Crippen LogP contribution in [0.5, 0.6) is 0 Å². The highest BCUT2D eigenvalue weighted by Gasteiger charge is 2.59. The minimum Gasteiger partial charge on any atom is -0.348 e. The highest BCUT2D eigenvalue weighted by molar-refractivity contribution is 7.88. The topological polar surface area (TPSA) is 118 Å². The second-order valence-corrected chi connectivity index (χ2v) is 9.81. The molecule has 1 unspecified atom stereocenters. The number of nitrogens with zero attached hydrogens (tertiary/aromatic N) is 4. The molecule has 0 bridgehead atoms. The van der Waals surface area contributed by atoms with Crippen molar-refractivity contribution in [2.45, 2.75) is 38.1 Å². The van der Waals surface area contributed by atoms with Gasteiger partial charge in [-0.1, -0.05) is 11.2 Å². The molecule has 4 rings (SSSR count). The Hall–Kier alpha value is -2.33. The van der Waals surface area contributed by atoms with E-state index in [1.165, 1.54) is 10.6 Å². The molecule has 1 aliphatic heterocycles. The Labute approximate surface area is 163 Å². The van der Waals surface area contributed by atoms with Crippen molar-refractivity contribution in [2.24, 2.45) is 5.92 Å². The van der Waals surface area contributed by atoms with E-state index in [1.54, 1.807) is 19.1 Å². The molecular weight excluding hydrogens is 382 g/mol. The van der Waals surface area contributed by atoms with E-state index in [9.17, 15) is 13.2 Å². The minimum absolute atomic E-state index is 0.00200. The van der Waals surface area contributed by atoms with Crippen LogP contribution in [-0.2, 0) is 15.4 Å². The number of aromatic nitrogens is 3. The van der Waals surface area contributed by atoms with E-state index in [4.69, 9.17) is 4.52 Å². The molecule has 2 aliphatic rings. The second-order valence-electron chi connectivity index (χ2n) is 7.83. The molecule has 1 saturated carbocycles. The summed E-state index contributed by atoms with van der Waals surface area (Å²) in [5, 5.41) is 6.94. The quantitative estimate of drug-likeness (QED) is 0.799. The predicted octanol–water partition coefficient (Wildman–Crippen LogP) is 0.803. The summed E-state index contributed by atoms with van der Waals surface area (Å²) >= 11 is 0. The Balaban J connectivity index is 1.58. The van der Waals surface area contributed by atoms with Crippen LogP contribution in [0, 0.1) is 19.8 Å². The van der Waals surface area contributed by atoms with Crippen molar-refractivity contribution in [3.63, 3.8) is 0 Å². The molecule has 150 valence electrons. The summed E-state index contributed by atoms with van der Waals surface area (Å²) in [4.78, 5) is 21.3. The zero-order chi connectivity index (χ0) is 20.1. The number of carbonyl (C=O) groups is 1. The molecule has 1 aliphatic carbocycles. The van der Waals surface area contributed by atoms with Crippen LogP contribution in [0.2, 0.25) is 0 Å². The number of amides is 1. The molecular formula is C18H23N5O4S. The molecule has 1 amide bonds. The Morgan fingerprint density at radius 2 is 2.11 bits per heavy atom. The Kier molecular flexibility index (Phi) is 4.50. The van der Waals surface area contributed by atoms with Crippen molar-refractivity contribution in [2.75, 3.05) is 19.3 Å². The van der Waals surface area contributed by atoms with Gasteiger partial charge in [-0.05, 0) is 44.7 Å². The molecule has 9 nitrogen and oxygen atoms in total. The first-order valence-corrected chi connectivity index (χ1v) is 11.0. The Morgan fingerprint density at radius 1 is 1.32 bits per heavy atom. The van der Waals surface area contributed by atoms with Gasteiger partial charge < -0.3 is 9.84 Å². The molecule has 0 radical (unpaired) electrons. The molecule has 3 heterocycles. The maximum Gasteiger partial charge on any atom is 0.270 e. The van der Waals surface area contributed by atoms with E-state index >= 15 is 0 Å². The fourth-order valence-electron chi connectivity index (χ4n) is 4.45. The first kappa shape index (κ1) is 19.0. The zero-order valence-electron chi connectivity index (χ0n) is 16.0. The van der Waals surface area contributed by atoms with E-state index in [0.29, 0.717) is 36.8 Å². The molecule has 10 heteroatoms. The van der Waals surface area contributed by atoms with Gasteiger partial charge in [-0.15, -0.1) is 0 Å². The normalized spacial score (nSPS) is 27.7. The largest absolute Gasteiger partial charge is 0.348 e. The van der Waals surface area contributed by atoms with Crippen LogP contribution in [0.3, 0.4) is 0 Å². The summed E-state index contributed by atoms with van der Waals surface area (Å²) in [6.45, 7) is 4.24. The van der Waals surface area contributed by atoms with E-state index in [0.717, 1.165) is 5.69 Å². The van der Waals surface area contributed by atoms with E-state index in [2.05, 4.69) is 20.4 Å². The van der Waals surface area contributed by atoms with E-state index < -0.39 is 15.4 Å². The van der Waals surface area contributed by atoms with Crippen LogP contribution in [0.4, 0.5) is 0 Å². The molecule has 2 fully saturated rings. The monoisotopic (exact) mass is 405 g/mol. The predicted molar refractivity (Wildman–Crippen MR) is 100 cm³/mol. The van der Waals surface area contributed by atoms with Gasteiger partial charge in [0.25, 0.3) is 5.91 Å². The average molecular weight is 405 g/mol. The number of nitrogens with one attached hydrogen (secondary N) is 1.